The molecule has 0 saturated heterocycles. The molecule has 3 nitrogen and oxygen atoms in total. The molecule has 1 amide bonds. The molecule has 0 radical (unpaired) electrons. The van der Waals surface area contributed by atoms with Gasteiger partial charge in [0, 0.05) is 6.54 Å². The van der Waals surface area contributed by atoms with Crippen LogP contribution in [-0.4, -0.2) is 12.5 Å². The molecule has 0 heterocycles. The maximum Gasteiger partial charge on any atom is 0.237 e. The molecule has 1 N–H and O–H groups in total. The molecule has 16 heavy (non-hydrogen) atoms. The molecule has 1 aliphatic rings. The first-order valence-electron chi connectivity index (χ1n) is 6.35. The Morgan fingerprint density at radius 1 is 1.44 bits per heavy atom. The van der Waals surface area contributed by atoms with Crippen molar-refractivity contribution in [2.24, 2.45) is 11.3 Å². The van der Waals surface area contributed by atoms with E-state index in [1.807, 2.05) is 6.92 Å². The normalized spacial score (nSPS) is 18.6. The number of nitrogens with zero attached hydrogens (tertiary/aromatic N) is 1. The van der Waals surface area contributed by atoms with E-state index in [1.54, 1.807) is 0 Å². The van der Waals surface area contributed by atoms with Crippen LogP contribution in [0.15, 0.2) is 0 Å². The highest BCUT2D eigenvalue weighted by atomic mass is 16.1. The van der Waals surface area contributed by atoms with E-state index in [0.717, 1.165) is 13.0 Å². The van der Waals surface area contributed by atoms with Gasteiger partial charge in [-0.15, -0.1) is 0 Å². The topological polar surface area (TPSA) is 52.9 Å². The number of amides is 1. The summed E-state index contributed by atoms with van der Waals surface area (Å²) in [6.07, 6.45) is 6.37. The van der Waals surface area contributed by atoms with Crippen LogP contribution in [0, 0.1) is 22.7 Å². The van der Waals surface area contributed by atoms with Gasteiger partial charge in [0.15, 0.2) is 0 Å². The van der Waals surface area contributed by atoms with Crippen molar-refractivity contribution in [1.29, 1.82) is 5.26 Å². The summed E-state index contributed by atoms with van der Waals surface area (Å²) in [6.45, 7) is 4.94. The zero-order valence-electron chi connectivity index (χ0n) is 10.4. The van der Waals surface area contributed by atoms with Gasteiger partial charge in [0.25, 0.3) is 0 Å². The Morgan fingerprint density at radius 3 is 2.56 bits per heavy atom. The van der Waals surface area contributed by atoms with Gasteiger partial charge < -0.3 is 5.32 Å². The van der Waals surface area contributed by atoms with Gasteiger partial charge in [0.05, 0.1) is 6.07 Å². The fourth-order valence-corrected chi connectivity index (χ4v) is 2.16. The van der Waals surface area contributed by atoms with Crippen LogP contribution >= 0.6 is 0 Å². The summed E-state index contributed by atoms with van der Waals surface area (Å²) in [5.41, 5.74) is 0.372. The molecule has 0 aliphatic heterocycles. The fraction of sp³-hybridized carbons (Fsp3) is 0.846. The van der Waals surface area contributed by atoms with E-state index in [0.29, 0.717) is 11.8 Å². The average molecular weight is 222 g/mol. The van der Waals surface area contributed by atoms with Crippen molar-refractivity contribution in [2.75, 3.05) is 6.54 Å². The van der Waals surface area contributed by atoms with Gasteiger partial charge in [-0.05, 0) is 31.1 Å². The Kier molecular flexibility index (Phi) is 4.79. The second-order valence-electron chi connectivity index (χ2n) is 4.94. The van der Waals surface area contributed by atoms with Crippen LogP contribution in [0.5, 0.6) is 0 Å². The highest BCUT2D eigenvalue weighted by Gasteiger charge is 2.41. The first-order valence-corrected chi connectivity index (χ1v) is 6.35. The number of hydrogen-bond donors (Lipinski definition) is 1. The molecule has 90 valence electrons. The molecule has 0 bridgehead atoms. The Hall–Kier alpha value is -1.04. The van der Waals surface area contributed by atoms with Crippen LogP contribution in [-0.2, 0) is 4.79 Å². The molecule has 0 aromatic heterocycles. The van der Waals surface area contributed by atoms with Crippen LogP contribution in [0.3, 0.4) is 0 Å². The van der Waals surface area contributed by atoms with Gasteiger partial charge in [-0.2, -0.15) is 5.26 Å². The summed E-state index contributed by atoms with van der Waals surface area (Å²) in [5.74, 6) is -0.533. The minimum Gasteiger partial charge on any atom is -0.354 e. The van der Waals surface area contributed by atoms with Gasteiger partial charge >= 0.3 is 0 Å². The molecule has 1 saturated carbocycles. The number of hydrogen-bond acceptors (Lipinski definition) is 2. The van der Waals surface area contributed by atoms with E-state index in [-0.39, 0.29) is 5.91 Å². The predicted octanol–water partition coefficient (Wildman–Crippen LogP) is 2.62. The van der Waals surface area contributed by atoms with E-state index >= 15 is 0 Å². The van der Waals surface area contributed by atoms with E-state index in [4.69, 9.17) is 5.26 Å². The quantitative estimate of drug-likeness (QED) is 0.720. The minimum atomic E-state index is -0.456. The van der Waals surface area contributed by atoms with Crippen LogP contribution in [0.4, 0.5) is 0 Å². The lowest BCUT2D eigenvalue weighted by atomic mass is 9.99. The lowest BCUT2D eigenvalue weighted by Gasteiger charge is -2.16. The highest BCUT2D eigenvalue weighted by Crippen LogP contribution is 2.48. The first-order chi connectivity index (χ1) is 7.67. The molecule has 0 aromatic carbocycles. The third-order valence-corrected chi connectivity index (χ3v) is 3.42. The summed E-state index contributed by atoms with van der Waals surface area (Å²) in [4.78, 5) is 11.7. The molecule has 3 heteroatoms. The molecular weight excluding hydrogens is 200 g/mol. The standard InChI is InChI=1S/C13H22N2O/c1-3-5-11(9-14)12(16)15-10-13(6-4-2)7-8-13/h11H,3-8,10H2,1-2H3,(H,15,16). The van der Waals surface area contributed by atoms with E-state index in [1.165, 1.54) is 25.7 Å². The monoisotopic (exact) mass is 222 g/mol. The summed E-state index contributed by atoms with van der Waals surface area (Å²) in [6, 6.07) is 2.08. The van der Waals surface area contributed by atoms with Crippen molar-refractivity contribution >= 4 is 5.91 Å². The maximum atomic E-state index is 11.7. The highest BCUT2D eigenvalue weighted by molar-refractivity contribution is 5.81. The van der Waals surface area contributed by atoms with Crippen LogP contribution in [0.1, 0.15) is 52.4 Å². The molecule has 1 fully saturated rings. The van der Waals surface area contributed by atoms with Gasteiger partial charge in [0.1, 0.15) is 5.92 Å². The number of carbonyl (C=O) groups is 1. The van der Waals surface area contributed by atoms with Crippen LogP contribution in [0.25, 0.3) is 0 Å². The smallest absolute Gasteiger partial charge is 0.237 e. The van der Waals surface area contributed by atoms with Crippen molar-refractivity contribution in [2.45, 2.75) is 52.4 Å². The summed E-state index contributed by atoms with van der Waals surface area (Å²) in [7, 11) is 0. The molecule has 0 aromatic rings. The Labute approximate surface area is 98.2 Å². The van der Waals surface area contributed by atoms with E-state index in [9.17, 15) is 4.79 Å². The lowest BCUT2D eigenvalue weighted by molar-refractivity contribution is -0.123. The molecule has 1 rings (SSSR count). The fourth-order valence-electron chi connectivity index (χ4n) is 2.16. The zero-order valence-corrected chi connectivity index (χ0v) is 10.4. The zero-order chi connectivity index (χ0) is 12.0. The van der Waals surface area contributed by atoms with E-state index in [2.05, 4.69) is 18.3 Å². The molecule has 1 unspecified atom stereocenters. The van der Waals surface area contributed by atoms with Gasteiger partial charge in [-0.25, -0.2) is 0 Å². The van der Waals surface area contributed by atoms with Crippen molar-refractivity contribution in [3.63, 3.8) is 0 Å². The Balaban J connectivity index is 2.32. The van der Waals surface area contributed by atoms with Crippen LogP contribution < -0.4 is 5.32 Å². The largest absolute Gasteiger partial charge is 0.354 e. The number of nitrogens with one attached hydrogen (secondary N) is 1. The minimum absolute atomic E-state index is 0.0771. The van der Waals surface area contributed by atoms with Gasteiger partial charge in [-0.1, -0.05) is 26.7 Å². The first kappa shape index (κ1) is 13.0. The number of rotatable bonds is 7. The molecule has 1 atom stereocenters. The summed E-state index contributed by atoms with van der Waals surface area (Å²) < 4.78 is 0. The van der Waals surface area contributed by atoms with Crippen LogP contribution in [0.2, 0.25) is 0 Å². The second kappa shape index (κ2) is 5.89. The summed E-state index contributed by atoms with van der Waals surface area (Å²) >= 11 is 0. The summed E-state index contributed by atoms with van der Waals surface area (Å²) in [5, 5.41) is 11.8. The average Bonchev–Trinajstić information content (AvgIpc) is 3.04. The third-order valence-electron chi connectivity index (χ3n) is 3.42. The molecule has 0 spiro atoms. The molecule has 1 aliphatic carbocycles. The predicted molar refractivity (Wildman–Crippen MR) is 63.6 cm³/mol. The van der Waals surface area contributed by atoms with Crippen molar-refractivity contribution in [3.05, 3.63) is 0 Å². The Morgan fingerprint density at radius 2 is 2.12 bits per heavy atom. The van der Waals surface area contributed by atoms with Gasteiger partial charge in [-0.3, -0.25) is 4.79 Å². The number of nitriles is 1. The Bertz CT molecular complexity index is 276. The van der Waals surface area contributed by atoms with Crippen molar-refractivity contribution in [3.8, 4) is 6.07 Å². The maximum absolute atomic E-state index is 11.7. The molecular formula is C13H22N2O. The van der Waals surface area contributed by atoms with Crippen molar-refractivity contribution in [1.82, 2.24) is 5.32 Å². The number of carbonyl (C=O) groups excluding carboxylic acids is 1. The van der Waals surface area contributed by atoms with E-state index < -0.39 is 5.92 Å². The third kappa shape index (κ3) is 3.52. The second-order valence-corrected chi connectivity index (χ2v) is 4.94. The van der Waals surface area contributed by atoms with Gasteiger partial charge in [0.2, 0.25) is 5.91 Å². The van der Waals surface area contributed by atoms with Crippen molar-refractivity contribution < 1.29 is 4.79 Å². The SMILES string of the molecule is CCCC(C#N)C(=O)NCC1(CCC)CC1. The lowest BCUT2D eigenvalue weighted by Crippen LogP contribution is -2.34.